The fraction of sp³-hybridized carbons (Fsp3) is 0.250. The van der Waals surface area contributed by atoms with E-state index in [0.717, 1.165) is 11.4 Å². The molecule has 0 saturated heterocycles. The topological polar surface area (TPSA) is 72.0 Å². The smallest absolute Gasteiger partial charge is 0.274 e. The molecule has 0 spiro atoms. The number of nitrogens with zero attached hydrogens (tertiary/aromatic N) is 2. The van der Waals surface area contributed by atoms with E-state index in [1.165, 1.54) is 18.7 Å². The minimum atomic E-state index is -0.316. The van der Waals surface area contributed by atoms with E-state index < -0.39 is 0 Å². The molecule has 0 radical (unpaired) electrons. The lowest BCUT2D eigenvalue weighted by atomic mass is 10.1. The van der Waals surface area contributed by atoms with Crippen molar-refractivity contribution < 1.29 is 9.59 Å². The van der Waals surface area contributed by atoms with Gasteiger partial charge in [0.25, 0.3) is 5.91 Å². The first kappa shape index (κ1) is 16.2. The number of amides is 1. The average Bonchev–Trinajstić information content (AvgIpc) is 2.47. The van der Waals surface area contributed by atoms with Gasteiger partial charge in [0.15, 0.2) is 10.9 Å². The molecule has 1 aromatic heterocycles. The van der Waals surface area contributed by atoms with Gasteiger partial charge in [-0.05, 0) is 37.8 Å². The number of hydrogen-bond donors (Lipinski definition) is 1. The molecule has 5 nitrogen and oxygen atoms in total. The number of hydrogen-bond acceptors (Lipinski definition) is 5. The van der Waals surface area contributed by atoms with Crippen LogP contribution in [-0.2, 0) is 0 Å². The Morgan fingerprint density at radius 2 is 2.00 bits per heavy atom. The first-order valence-corrected chi connectivity index (χ1v) is 7.89. The van der Waals surface area contributed by atoms with Crippen molar-refractivity contribution in [2.24, 2.45) is 0 Å². The number of rotatable bonds is 5. The van der Waals surface area contributed by atoms with Gasteiger partial charge in [0.1, 0.15) is 5.69 Å². The number of ketones is 1. The summed E-state index contributed by atoms with van der Waals surface area (Å²) in [5, 5.41) is 3.35. The van der Waals surface area contributed by atoms with Gasteiger partial charge in [0.2, 0.25) is 0 Å². The first-order valence-electron chi connectivity index (χ1n) is 6.90. The van der Waals surface area contributed by atoms with E-state index in [9.17, 15) is 9.59 Å². The summed E-state index contributed by atoms with van der Waals surface area (Å²) in [7, 11) is 0. The van der Waals surface area contributed by atoms with E-state index in [0.29, 0.717) is 22.1 Å². The minimum Gasteiger partial charge on any atom is -0.321 e. The van der Waals surface area contributed by atoms with Crippen LogP contribution in [0, 0.1) is 6.92 Å². The predicted molar refractivity (Wildman–Crippen MR) is 87.6 cm³/mol. The monoisotopic (exact) mass is 315 g/mol. The van der Waals surface area contributed by atoms with Gasteiger partial charge in [0.05, 0.1) is 0 Å². The number of carbonyl (C=O) groups excluding carboxylic acids is 2. The van der Waals surface area contributed by atoms with E-state index in [4.69, 9.17) is 0 Å². The van der Waals surface area contributed by atoms with Gasteiger partial charge in [-0.25, -0.2) is 9.97 Å². The van der Waals surface area contributed by atoms with Crippen molar-refractivity contribution in [3.63, 3.8) is 0 Å². The molecule has 1 heterocycles. The molecule has 1 amide bonds. The normalized spacial score (nSPS) is 10.3. The van der Waals surface area contributed by atoms with Gasteiger partial charge in [-0.1, -0.05) is 30.8 Å². The van der Waals surface area contributed by atoms with Crippen LogP contribution in [0.4, 0.5) is 5.69 Å². The highest BCUT2D eigenvalue weighted by atomic mass is 32.2. The Morgan fingerprint density at radius 1 is 1.23 bits per heavy atom. The lowest BCUT2D eigenvalue weighted by Crippen LogP contribution is -2.15. The standard InChI is InChI=1S/C16H17N3O2S/c1-4-22-16-17-10(2)8-14(19-16)15(21)18-13-7-5-6-12(9-13)11(3)20/h5-9H,4H2,1-3H3,(H,18,21). The summed E-state index contributed by atoms with van der Waals surface area (Å²) in [5.41, 5.74) is 2.18. The predicted octanol–water partition coefficient (Wildman–Crippen LogP) is 3.35. The number of anilines is 1. The molecule has 0 aliphatic rings. The van der Waals surface area contributed by atoms with Crippen molar-refractivity contribution in [2.45, 2.75) is 25.9 Å². The number of aromatic nitrogens is 2. The third-order valence-electron chi connectivity index (χ3n) is 2.87. The SMILES string of the molecule is CCSc1nc(C)cc(C(=O)Nc2cccc(C(C)=O)c2)n1. The quantitative estimate of drug-likeness (QED) is 0.520. The van der Waals surface area contributed by atoms with Gasteiger partial charge in [0, 0.05) is 16.9 Å². The molecule has 6 heteroatoms. The van der Waals surface area contributed by atoms with Crippen molar-refractivity contribution in [1.82, 2.24) is 9.97 Å². The first-order chi connectivity index (χ1) is 10.5. The number of Topliss-reactive ketones (excluding diaryl/α,β-unsaturated/α-hetero) is 1. The van der Waals surface area contributed by atoms with Gasteiger partial charge in [-0.3, -0.25) is 9.59 Å². The fourth-order valence-corrected chi connectivity index (χ4v) is 2.49. The number of thioether (sulfide) groups is 1. The maximum Gasteiger partial charge on any atom is 0.274 e. The molecule has 0 bridgehead atoms. The average molecular weight is 315 g/mol. The second-order valence-corrected chi connectivity index (χ2v) is 5.93. The molecule has 2 aromatic rings. The highest BCUT2D eigenvalue weighted by Gasteiger charge is 2.11. The van der Waals surface area contributed by atoms with Crippen molar-refractivity contribution in [3.8, 4) is 0 Å². The van der Waals surface area contributed by atoms with Crippen LogP contribution in [0.3, 0.4) is 0 Å². The van der Waals surface area contributed by atoms with Gasteiger partial charge < -0.3 is 5.32 Å². The van der Waals surface area contributed by atoms with E-state index in [1.807, 2.05) is 13.8 Å². The highest BCUT2D eigenvalue weighted by Crippen LogP contribution is 2.16. The molecule has 114 valence electrons. The number of benzene rings is 1. The maximum absolute atomic E-state index is 12.3. The largest absolute Gasteiger partial charge is 0.321 e. The molecular weight excluding hydrogens is 298 g/mol. The molecule has 22 heavy (non-hydrogen) atoms. The lowest BCUT2D eigenvalue weighted by Gasteiger charge is -2.07. The molecule has 2 rings (SSSR count). The minimum absolute atomic E-state index is 0.0457. The third kappa shape index (κ3) is 4.14. The maximum atomic E-state index is 12.3. The Labute approximate surface area is 133 Å². The second kappa shape index (κ2) is 7.17. The molecule has 0 saturated carbocycles. The van der Waals surface area contributed by atoms with Crippen LogP contribution in [0.25, 0.3) is 0 Å². The molecule has 0 aliphatic heterocycles. The van der Waals surface area contributed by atoms with E-state index >= 15 is 0 Å². The Hall–Kier alpha value is -2.21. The second-order valence-electron chi connectivity index (χ2n) is 4.70. The highest BCUT2D eigenvalue weighted by molar-refractivity contribution is 7.99. The van der Waals surface area contributed by atoms with Crippen molar-refractivity contribution in [2.75, 3.05) is 11.1 Å². The number of aryl methyl sites for hydroxylation is 1. The van der Waals surface area contributed by atoms with Crippen LogP contribution >= 0.6 is 11.8 Å². The number of carbonyl (C=O) groups is 2. The number of nitrogens with one attached hydrogen (secondary N) is 1. The Balaban J connectivity index is 2.22. The van der Waals surface area contributed by atoms with Gasteiger partial charge in [-0.15, -0.1) is 0 Å². The van der Waals surface area contributed by atoms with Crippen LogP contribution in [0.5, 0.6) is 0 Å². The summed E-state index contributed by atoms with van der Waals surface area (Å²) >= 11 is 1.49. The van der Waals surface area contributed by atoms with Crippen LogP contribution in [0.2, 0.25) is 0 Å². The summed E-state index contributed by atoms with van der Waals surface area (Å²) in [4.78, 5) is 32.2. The zero-order chi connectivity index (χ0) is 16.1. The molecule has 1 N–H and O–H groups in total. The molecular formula is C16H17N3O2S. The summed E-state index contributed by atoms with van der Waals surface area (Å²) in [6.45, 7) is 5.32. The third-order valence-corrected chi connectivity index (χ3v) is 3.60. The van der Waals surface area contributed by atoms with Crippen molar-refractivity contribution in [1.29, 1.82) is 0 Å². The summed E-state index contributed by atoms with van der Waals surface area (Å²) in [5.74, 6) is 0.477. The summed E-state index contributed by atoms with van der Waals surface area (Å²) in [6.07, 6.45) is 0. The van der Waals surface area contributed by atoms with E-state index in [1.54, 1.807) is 30.3 Å². The zero-order valence-electron chi connectivity index (χ0n) is 12.7. The van der Waals surface area contributed by atoms with Crippen LogP contribution in [-0.4, -0.2) is 27.4 Å². The molecule has 0 aliphatic carbocycles. The summed E-state index contributed by atoms with van der Waals surface area (Å²) in [6, 6.07) is 8.47. The lowest BCUT2D eigenvalue weighted by molar-refractivity contribution is 0.100. The molecule has 1 aromatic carbocycles. The Morgan fingerprint density at radius 3 is 2.68 bits per heavy atom. The van der Waals surface area contributed by atoms with Crippen LogP contribution in [0.1, 0.15) is 40.4 Å². The molecule has 0 unspecified atom stereocenters. The van der Waals surface area contributed by atoms with Crippen molar-refractivity contribution >= 4 is 29.1 Å². The van der Waals surface area contributed by atoms with Crippen LogP contribution in [0.15, 0.2) is 35.5 Å². The van der Waals surface area contributed by atoms with E-state index in [-0.39, 0.29) is 11.7 Å². The molecule has 0 atom stereocenters. The van der Waals surface area contributed by atoms with Gasteiger partial charge in [-0.2, -0.15) is 0 Å². The summed E-state index contributed by atoms with van der Waals surface area (Å²) < 4.78 is 0. The zero-order valence-corrected chi connectivity index (χ0v) is 13.5. The van der Waals surface area contributed by atoms with Crippen LogP contribution < -0.4 is 5.32 Å². The van der Waals surface area contributed by atoms with Crippen molar-refractivity contribution in [3.05, 3.63) is 47.3 Å². The van der Waals surface area contributed by atoms with E-state index in [2.05, 4.69) is 15.3 Å². The fourth-order valence-electron chi connectivity index (χ4n) is 1.86. The Bertz CT molecular complexity index is 716. The Kier molecular flexibility index (Phi) is 5.27. The van der Waals surface area contributed by atoms with Gasteiger partial charge >= 0.3 is 0 Å². The molecule has 0 fully saturated rings.